The van der Waals surface area contributed by atoms with Crippen molar-refractivity contribution in [2.24, 2.45) is 0 Å². The largest absolute Gasteiger partial charge is 0.488 e. The van der Waals surface area contributed by atoms with Gasteiger partial charge in [0.2, 0.25) is 0 Å². The van der Waals surface area contributed by atoms with Crippen LogP contribution in [0.25, 0.3) is 0 Å². The summed E-state index contributed by atoms with van der Waals surface area (Å²) in [4.78, 5) is 0.680. The molecule has 0 aliphatic heterocycles. The highest BCUT2D eigenvalue weighted by Crippen LogP contribution is 2.26. The van der Waals surface area contributed by atoms with E-state index in [4.69, 9.17) is 16.3 Å². The van der Waals surface area contributed by atoms with Crippen LogP contribution in [0.1, 0.15) is 5.56 Å². The number of hydrogen-bond acceptors (Lipinski definition) is 2. The Morgan fingerprint density at radius 2 is 1.82 bits per heavy atom. The van der Waals surface area contributed by atoms with E-state index in [0.717, 1.165) is 5.56 Å². The van der Waals surface area contributed by atoms with Gasteiger partial charge in [-0.1, -0.05) is 23.7 Å². The predicted molar refractivity (Wildman–Crippen MR) is 69.4 cm³/mol. The summed E-state index contributed by atoms with van der Waals surface area (Å²) in [7, 11) is 0. The number of hydrogen-bond donors (Lipinski definition) is 1. The van der Waals surface area contributed by atoms with Crippen molar-refractivity contribution in [2.45, 2.75) is 11.5 Å². The van der Waals surface area contributed by atoms with Gasteiger partial charge in [-0.3, -0.25) is 0 Å². The van der Waals surface area contributed by atoms with Gasteiger partial charge in [-0.15, -0.1) is 12.6 Å². The van der Waals surface area contributed by atoms with E-state index < -0.39 is 0 Å². The molecule has 2 aromatic rings. The maximum Gasteiger partial charge on any atom is 0.133 e. The van der Waals surface area contributed by atoms with Crippen LogP contribution in [0.5, 0.6) is 5.75 Å². The van der Waals surface area contributed by atoms with Crippen LogP contribution < -0.4 is 4.74 Å². The molecular weight excluding hydrogens is 259 g/mol. The molecule has 0 aliphatic rings. The summed E-state index contributed by atoms with van der Waals surface area (Å²) < 4.78 is 18.3. The summed E-state index contributed by atoms with van der Waals surface area (Å²) in [5.74, 6) is 0.400. The van der Waals surface area contributed by atoms with Gasteiger partial charge in [-0.05, 0) is 35.9 Å². The Morgan fingerprint density at radius 3 is 2.47 bits per heavy atom. The molecule has 4 heteroatoms. The van der Waals surface area contributed by atoms with Crippen LogP contribution in [-0.2, 0) is 6.61 Å². The van der Waals surface area contributed by atoms with E-state index >= 15 is 0 Å². The molecule has 0 saturated carbocycles. The van der Waals surface area contributed by atoms with Gasteiger partial charge in [-0.2, -0.15) is 0 Å². The van der Waals surface area contributed by atoms with Gasteiger partial charge >= 0.3 is 0 Å². The number of ether oxygens (including phenoxy) is 1. The second kappa shape index (κ2) is 5.43. The molecule has 0 heterocycles. The van der Waals surface area contributed by atoms with Crippen LogP contribution >= 0.6 is 24.2 Å². The standard InChI is InChI=1S/C13H10ClFOS/c14-10-3-6-12(13(17)7-10)16-8-9-1-4-11(15)5-2-9/h1-7,17H,8H2. The van der Waals surface area contributed by atoms with E-state index in [9.17, 15) is 4.39 Å². The van der Waals surface area contributed by atoms with Gasteiger partial charge in [0.1, 0.15) is 18.2 Å². The highest BCUT2D eigenvalue weighted by atomic mass is 35.5. The molecule has 0 atom stereocenters. The Kier molecular flexibility index (Phi) is 3.92. The minimum absolute atomic E-state index is 0.255. The Bertz CT molecular complexity index is 513. The summed E-state index contributed by atoms with van der Waals surface area (Å²) in [6.45, 7) is 0.371. The van der Waals surface area contributed by atoms with Crippen molar-refractivity contribution < 1.29 is 9.13 Å². The van der Waals surface area contributed by atoms with Gasteiger partial charge in [-0.25, -0.2) is 4.39 Å². The zero-order chi connectivity index (χ0) is 12.3. The Hall–Kier alpha value is -1.19. The predicted octanol–water partition coefficient (Wildman–Crippen LogP) is 4.35. The van der Waals surface area contributed by atoms with Crippen LogP contribution in [0.15, 0.2) is 47.4 Å². The van der Waals surface area contributed by atoms with Gasteiger partial charge < -0.3 is 4.74 Å². The summed E-state index contributed by atoms with van der Waals surface area (Å²) >= 11 is 10.1. The van der Waals surface area contributed by atoms with Crippen LogP contribution in [0.4, 0.5) is 4.39 Å². The van der Waals surface area contributed by atoms with E-state index in [0.29, 0.717) is 22.3 Å². The molecule has 0 spiro atoms. The third-order valence-corrected chi connectivity index (χ3v) is 2.81. The molecule has 0 bridgehead atoms. The maximum absolute atomic E-state index is 12.7. The maximum atomic E-state index is 12.7. The van der Waals surface area contributed by atoms with Gasteiger partial charge in [0.05, 0.1) is 0 Å². The number of halogens is 2. The Labute approximate surface area is 110 Å². The Balaban J connectivity index is 2.04. The van der Waals surface area contributed by atoms with Crippen molar-refractivity contribution in [1.29, 1.82) is 0 Å². The first kappa shape index (κ1) is 12.3. The summed E-state index contributed by atoms with van der Waals surface area (Å²) in [5.41, 5.74) is 0.897. The quantitative estimate of drug-likeness (QED) is 0.815. The summed E-state index contributed by atoms with van der Waals surface area (Å²) in [6, 6.07) is 11.4. The van der Waals surface area contributed by atoms with E-state index in [1.54, 1.807) is 30.3 Å². The molecule has 0 radical (unpaired) electrons. The zero-order valence-electron chi connectivity index (χ0n) is 8.86. The lowest BCUT2D eigenvalue weighted by molar-refractivity contribution is 0.299. The smallest absolute Gasteiger partial charge is 0.133 e. The number of benzene rings is 2. The van der Waals surface area contributed by atoms with E-state index in [-0.39, 0.29) is 5.82 Å². The van der Waals surface area contributed by atoms with Crippen molar-refractivity contribution >= 4 is 24.2 Å². The molecule has 17 heavy (non-hydrogen) atoms. The number of thiol groups is 1. The second-order valence-electron chi connectivity index (χ2n) is 3.53. The van der Waals surface area contributed by atoms with Crippen molar-refractivity contribution in [3.63, 3.8) is 0 Å². The second-order valence-corrected chi connectivity index (χ2v) is 4.45. The van der Waals surface area contributed by atoms with Crippen molar-refractivity contribution in [1.82, 2.24) is 0 Å². The SMILES string of the molecule is Fc1ccc(COc2ccc(Cl)cc2S)cc1. The van der Waals surface area contributed by atoms with E-state index in [1.165, 1.54) is 12.1 Å². The van der Waals surface area contributed by atoms with Crippen molar-refractivity contribution in [3.05, 3.63) is 58.9 Å². The zero-order valence-corrected chi connectivity index (χ0v) is 10.5. The fraction of sp³-hybridized carbons (Fsp3) is 0.0769. The molecule has 88 valence electrons. The lowest BCUT2D eigenvalue weighted by Crippen LogP contribution is -1.96. The van der Waals surface area contributed by atoms with Crippen LogP contribution in [0.3, 0.4) is 0 Å². The third-order valence-electron chi connectivity index (χ3n) is 2.23. The highest BCUT2D eigenvalue weighted by Gasteiger charge is 2.02. The third kappa shape index (κ3) is 3.38. The molecule has 2 aromatic carbocycles. The lowest BCUT2D eigenvalue weighted by Gasteiger charge is -2.08. The van der Waals surface area contributed by atoms with Crippen LogP contribution in [-0.4, -0.2) is 0 Å². The molecule has 2 rings (SSSR count). The molecular formula is C13H10ClFOS. The molecule has 0 amide bonds. The lowest BCUT2D eigenvalue weighted by atomic mass is 10.2. The molecule has 0 aromatic heterocycles. The highest BCUT2D eigenvalue weighted by molar-refractivity contribution is 7.80. The average Bonchev–Trinajstić information content (AvgIpc) is 2.30. The Morgan fingerprint density at radius 1 is 1.12 bits per heavy atom. The first-order chi connectivity index (χ1) is 8.15. The molecule has 1 nitrogen and oxygen atoms in total. The van der Waals surface area contributed by atoms with Crippen LogP contribution in [0.2, 0.25) is 5.02 Å². The molecule has 0 N–H and O–H groups in total. The minimum Gasteiger partial charge on any atom is -0.488 e. The number of rotatable bonds is 3. The van der Waals surface area contributed by atoms with E-state index in [1.807, 2.05) is 0 Å². The molecule has 0 fully saturated rings. The molecule has 0 saturated heterocycles. The van der Waals surface area contributed by atoms with Crippen molar-refractivity contribution in [2.75, 3.05) is 0 Å². The monoisotopic (exact) mass is 268 g/mol. The van der Waals surface area contributed by atoms with Gasteiger partial charge in [0.15, 0.2) is 0 Å². The molecule has 0 unspecified atom stereocenters. The topological polar surface area (TPSA) is 9.23 Å². The fourth-order valence-corrected chi connectivity index (χ4v) is 1.88. The normalized spacial score (nSPS) is 10.3. The summed E-state index contributed by atoms with van der Waals surface area (Å²) in [6.07, 6.45) is 0. The molecule has 0 aliphatic carbocycles. The van der Waals surface area contributed by atoms with E-state index in [2.05, 4.69) is 12.6 Å². The van der Waals surface area contributed by atoms with Gasteiger partial charge in [0.25, 0.3) is 0 Å². The fourth-order valence-electron chi connectivity index (χ4n) is 1.35. The first-order valence-electron chi connectivity index (χ1n) is 5.01. The van der Waals surface area contributed by atoms with Gasteiger partial charge in [0, 0.05) is 9.92 Å². The van der Waals surface area contributed by atoms with Crippen LogP contribution in [0, 0.1) is 5.82 Å². The minimum atomic E-state index is -0.255. The summed E-state index contributed by atoms with van der Waals surface area (Å²) in [5, 5.41) is 0.615. The average molecular weight is 269 g/mol. The first-order valence-corrected chi connectivity index (χ1v) is 5.83. The van der Waals surface area contributed by atoms with Crippen molar-refractivity contribution in [3.8, 4) is 5.75 Å².